The number of carbonyl (C=O) groups excluding carboxylic acids is 1. The topological polar surface area (TPSA) is 81.6 Å². The van der Waals surface area contributed by atoms with Crippen LogP contribution in [0.4, 0.5) is 0 Å². The maximum Gasteiger partial charge on any atom is 0.244 e. The molecule has 1 amide bonds. The third kappa shape index (κ3) is 3.56. The lowest BCUT2D eigenvalue weighted by Gasteiger charge is -2.00. The Morgan fingerprint density at radius 3 is 2.80 bits per heavy atom. The average Bonchev–Trinajstić information content (AvgIpc) is 2.89. The second-order valence-electron chi connectivity index (χ2n) is 4.31. The van der Waals surface area contributed by atoms with Gasteiger partial charge < -0.3 is 5.32 Å². The molecular weight excluding hydrogens is 252 g/mol. The van der Waals surface area contributed by atoms with Crippen LogP contribution in [0.25, 0.3) is 6.08 Å². The van der Waals surface area contributed by atoms with E-state index in [1.165, 1.54) is 6.08 Å². The second-order valence-corrected chi connectivity index (χ2v) is 4.31. The van der Waals surface area contributed by atoms with Crippen molar-refractivity contribution in [3.63, 3.8) is 0 Å². The van der Waals surface area contributed by atoms with E-state index < -0.39 is 0 Å². The van der Waals surface area contributed by atoms with Gasteiger partial charge in [0.1, 0.15) is 0 Å². The smallest absolute Gasteiger partial charge is 0.244 e. The number of benzene rings is 1. The largest absolute Gasteiger partial charge is 0.348 e. The predicted molar refractivity (Wildman–Crippen MR) is 75.4 cm³/mol. The zero-order valence-corrected chi connectivity index (χ0v) is 11.1. The fourth-order valence-electron chi connectivity index (χ4n) is 1.64. The Morgan fingerprint density at radius 2 is 2.20 bits per heavy atom. The minimum absolute atomic E-state index is 0.171. The highest BCUT2D eigenvalue weighted by Gasteiger charge is 2.01. The molecular formula is C15H14N4O. The summed E-state index contributed by atoms with van der Waals surface area (Å²) in [5.74, 6) is -0.171. The van der Waals surface area contributed by atoms with E-state index in [9.17, 15) is 4.79 Å². The molecule has 1 aromatic heterocycles. The van der Waals surface area contributed by atoms with E-state index in [-0.39, 0.29) is 5.91 Å². The van der Waals surface area contributed by atoms with Crippen LogP contribution >= 0.6 is 0 Å². The molecule has 0 bridgehead atoms. The lowest BCUT2D eigenvalue weighted by Crippen LogP contribution is -2.20. The maximum atomic E-state index is 11.7. The molecule has 2 N–H and O–H groups in total. The number of carbonyl (C=O) groups is 1. The number of aromatic amines is 1. The molecule has 0 atom stereocenters. The number of hydrogen-bond donors (Lipinski definition) is 2. The van der Waals surface area contributed by atoms with Gasteiger partial charge in [-0.25, -0.2) is 0 Å². The number of aromatic nitrogens is 2. The van der Waals surface area contributed by atoms with Crippen molar-refractivity contribution < 1.29 is 4.79 Å². The first-order chi connectivity index (χ1) is 9.69. The molecule has 0 saturated heterocycles. The highest BCUT2D eigenvalue weighted by Crippen LogP contribution is 2.05. The van der Waals surface area contributed by atoms with Crippen molar-refractivity contribution in [2.75, 3.05) is 0 Å². The second kappa shape index (κ2) is 6.34. The van der Waals surface area contributed by atoms with E-state index in [4.69, 9.17) is 5.26 Å². The van der Waals surface area contributed by atoms with Crippen molar-refractivity contribution in [3.05, 3.63) is 58.9 Å². The summed E-state index contributed by atoms with van der Waals surface area (Å²) in [6, 6.07) is 9.07. The van der Waals surface area contributed by atoms with E-state index in [1.807, 2.05) is 13.0 Å². The van der Waals surface area contributed by atoms with Gasteiger partial charge in [0, 0.05) is 23.9 Å². The average molecular weight is 266 g/mol. The summed E-state index contributed by atoms with van der Waals surface area (Å²) in [4.78, 5) is 11.7. The van der Waals surface area contributed by atoms with Gasteiger partial charge in [-0.3, -0.25) is 9.89 Å². The van der Waals surface area contributed by atoms with Crippen LogP contribution in [0.15, 0.2) is 36.5 Å². The molecule has 1 aromatic carbocycles. The Bertz CT molecular complexity index is 662. The standard InChI is InChI=1S/C15H14N4O/c1-11-14(10-18-19-11)9-17-15(20)7-6-12-2-4-13(8-16)5-3-12/h2-7,10H,9H2,1H3,(H,17,20)(H,18,19)/b7-6+. The summed E-state index contributed by atoms with van der Waals surface area (Å²) < 4.78 is 0. The summed E-state index contributed by atoms with van der Waals surface area (Å²) in [6.45, 7) is 2.35. The molecule has 0 spiro atoms. The molecule has 20 heavy (non-hydrogen) atoms. The Hall–Kier alpha value is -2.87. The highest BCUT2D eigenvalue weighted by atomic mass is 16.1. The lowest BCUT2D eigenvalue weighted by molar-refractivity contribution is -0.116. The first-order valence-electron chi connectivity index (χ1n) is 6.14. The van der Waals surface area contributed by atoms with Gasteiger partial charge in [-0.15, -0.1) is 0 Å². The molecule has 5 heteroatoms. The minimum atomic E-state index is -0.171. The molecule has 2 aromatic rings. The van der Waals surface area contributed by atoms with Gasteiger partial charge in [0.05, 0.1) is 17.8 Å². The molecule has 0 saturated carbocycles. The number of rotatable bonds is 4. The lowest BCUT2D eigenvalue weighted by atomic mass is 10.1. The summed E-state index contributed by atoms with van der Waals surface area (Å²) in [6.07, 6.45) is 4.87. The molecule has 2 rings (SSSR count). The third-order valence-corrected chi connectivity index (χ3v) is 2.85. The van der Waals surface area contributed by atoms with Gasteiger partial charge in [-0.05, 0) is 30.7 Å². The first kappa shape index (κ1) is 13.6. The van der Waals surface area contributed by atoms with Crippen molar-refractivity contribution in [1.29, 1.82) is 5.26 Å². The van der Waals surface area contributed by atoms with Crippen molar-refractivity contribution in [2.24, 2.45) is 0 Å². The van der Waals surface area contributed by atoms with Crippen molar-refractivity contribution in [1.82, 2.24) is 15.5 Å². The molecule has 0 radical (unpaired) electrons. The number of aryl methyl sites for hydroxylation is 1. The fourth-order valence-corrected chi connectivity index (χ4v) is 1.64. The van der Waals surface area contributed by atoms with E-state index in [2.05, 4.69) is 15.5 Å². The fraction of sp³-hybridized carbons (Fsp3) is 0.133. The number of hydrogen-bond acceptors (Lipinski definition) is 3. The van der Waals surface area contributed by atoms with Crippen LogP contribution < -0.4 is 5.32 Å². The quantitative estimate of drug-likeness (QED) is 0.829. The zero-order valence-electron chi connectivity index (χ0n) is 11.1. The summed E-state index contributed by atoms with van der Waals surface area (Å²) in [5.41, 5.74) is 3.38. The molecule has 0 aliphatic rings. The van der Waals surface area contributed by atoms with E-state index in [1.54, 1.807) is 36.5 Å². The minimum Gasteiger partial charge on any atom is -0.348 e. The zero-order chi connectivity index (χ0) is 14.4. The van der Waals surface area contributed by atoms with Gasteiger partial charge in [-0.1, -0.05) is 12.1 Å². The Balaban J connectivity index is 1.89. The van der Waals surface area contributed by atoms with Gasteiger partial charge >= 0.3 is 0 Å². The van der Waals surface area contributed by atoms with Crippen molar-refractivity contribution >= 4 is 12.0 Å². The van der Waals surface area contributed by atoms with E-state index in [0.29, 0.717) is 12.1 Å². The van der Waals surface area contributed by atoms with E-state index in [0.717, 1.165) is 16.8 Å². The van der Waals surface area contributed by atoms with Gasteiger partial charge in [-0.2, -0.15) is 10.4 Å². The Morgan fingerprint density at radius 1 is 1.45 bits per heavy atom. The molecule has 100 valence electrons. The predicted octanol–water partition coefficient (Wildman–Crippen LogP) is 1.92. The number of H-pyrrole nitrogens is 1. The molecule has 0 aliphatic heterocycles. The highest BCUT2D eigenvalue weighted by molar-refractivity contribution is 5.91. The summed E-state index contributed by atoms with van der Waals surface area (Å²) >= 11 is 0. The van der Waals surface area contributed by atoms with Gasteiger partial charge in [0.25, 0.3) is 0 Å². The van der Waals surface area contributed by atoms with Crippen LogP contribution in [-0.2, 0) is 11.3 Å². The third-order valence-electron chi connectivity index (χ3n) is 2.85. The molecule has 0 unspecified atom stereocenters. The number of amides is 1. The van der Waals surface area contributed by atoms with Crippen LogP contribution in [0.5, 0.6) is 0 Å². The molecule has 0 aliphatic carbocycles. The first-order valence-corrected chi connectivity index (χ1v) is 6.14. The van der Waals surface area contributed by atoms with Crippen LogP contribution in [-0.4, -0.2) is 16.1 Å². The number of nitrogens with zero attached hydrogens (tertiary/aromatic N) is 2. The Labute approximate surface area is 116 Å². The maximum absolute atomic E-state index is 11.7. The van der Waals surface area contributed by atoms with Gasteiger partial charge in [0.2, 0.25) is 5.91 Å². The summed E-state index contributed by atoms with van der Waals surface area (Å²) in [5, 5.41) is 18.2. The monoisotopic (exact) mass is 266 g/mol. The van der Waals surface area contributed by atoms with Gasteiger partial charge in [0.15, 0.2) is 0 Å². The molecule has 1 heterocycles. The van der Waals surface area contributed by atoms with Crippen LogP contribution in [0, 0.1) is 18.3 Å². The van der Waals surface area contributed by atoms with E-state index >= 15 is 0 Å². The van der Waals surface area contributed by atoms with Crippen molar-refractivity contribution in [2.45, 2.75) is 13.5 Å². The number of nitriles is 1. The normalized spacial score (nSPS) is 10.4. The molecule has 0 fully saturated rings. The SMILES string of the molecule is Cc1[nH]ncc1CNC(=O)/C=C/c1ccc(C#N)cc1. The number of nitrogens with one attached hydrogen (secondary N) is 2. The van der Waals surface area contributed by atoms with Crippen LogP contribution in [0.2, 0.25) is 0 Å². The van der Waals surface area contributed by atoms with Crippen molar-refractivity contribution in [3.8, 4) is 6.07 Å². The summed E-state index contributed by atoms with van der Waals surface area (Å²) in [7, 11) is 0. The molecule has 5 nitrogen and oxygen atoms in total. The van der Waals surface area contributed by atoms with Crippen LogP contribution in [0.1, 0.15) is 22.4 Å². The van der Waals surface area contributed by atoms with Crippen LogP contribution in [0.3, 0.4) is 0 Å². The Kier molecular flexibility index (Phi) is 4.30.